The fourth-order valence-electron chi connectivity index (χ4n) is 2.09. The lowest BCUT2D eigenvalue weighted by Crippen LogP contribution is -2.30. The number of hydrogen-bond acceptors (Lipinski definition) is 5. The molecule has 0 saturated carbocycles. The molecule has 3 N–H and O–H groups in total. The van der Waals surface area contributed by atoms with Crippen molar-refractivity contribution >= 4 is 23.7 Å². The first kappa shape index (κ1) is 15.9. The zero-order chi connectivity index (χ0) is 12.1. The molecule has 4 nitrogen and oxygen atoms in total. The van der Waals surface area contributed by atoms with E-state index in [1.165, 1.54) is 5.69 Å². The van der Waals surface area contributed by atoms with E-state index in [9.17, 15) is 5.11 Å². The lowest BCUT2D eigenvalue weighted by atomic mass is 10.1. The minimum Gasteiger partial charge on any atom is -0.391 e. The quantitative estimate of drug-likeness (QED) is 0.737. The molecule has 1 fully saturated rings. The van der Waals surface area contributed by atoms with Gasteiger partial charge in [-0.25, -0.2) is 4.98 Å². The Morgan fingerprint density at radius 2 is 2.39 bits per heavy atom. The van der Waals surface area contributed by atoms with Crippen LogP contribution in [-0.4, -0.2) is 35.8 Å². The number of aryl methyl sites for hydroxylation is 1. The fraction of sp³-hybridized carbons (Fsp3) is 0.750. The first-order chi connectivity index (χ1) is 8.29. The Kier molecular flexibility index (Phi) is 7.11. The van der Waals surface area contributed by atoms with Crippen molar-refractivity contribution in [3.05, 3.63) is 16.1 Å². The molecule has 6 heteroatoms. The maximum absolute atomic E-state index is 9.64. The van der Waals surface area contributed by atoms with Gasteiger partial charge in [-0.3, -0.25) is 0 Å². The SMILES string of the molecule is CCCc1csc(CNCC2CNCC2O)n1.Cl. The van der Waals surface area contributed by atoms with E-state index in [0.29, 0.717) is 5.92 Å². The Morgan fingerprint density at radius 3 is 3.06 bits per heavy atom. The second-order valence-corrected chi connectivity index (χ2v) is 5.54. The van der Waals surface area contributed by atoms with Crippen LogP contribution < -0.4 is 10.6 Å². The van der Waals surface area contributed by atoms with Gasteiger partial charge in [0.05, 0.1) is 11.8 Å². The van der Waals surface area contributed by atoms with Gasteiger partial charge in [-0.15, -0.1) is 23.7 Å². The third kappa shape index (κ3) is 4.48. The molecule has 2 atom stereocenters. The Morgan fingerprint density at radius 1 is 1.56 bits per heavy atom. The Labute approximate surface area is 119 Å². The van der Waals surface area contributed by atoms with E-state index in [4.69, 9.17) is 0 Å². The summed E-state index contributed by atoms with van der Waals surface area (Å²) in [4.78, 5) is 4.56. The zero-order valence-corrected chi connectivity index (χ0v) is 12.3. The molecule has 2 rings (SSSR count). The molecule has 0 spiro atoms. The average Bonchev–Trinajstić information content (AvgIpc) is 2.90. The number of aromatic nitrogens is 1. The van der Waals surface area contributed by atoms with Crippen LogP contribution in [-0.2, 0) is 13.0 Å². The lowest BCUT2D eigenvalue weighted by Gasteiger charge is -2.13. The highest BCUT2D eigenvalue weighted by Gasteiger charge is 2.24. The topological polar surface area (TPSA) is 57.2 Å². The maximum Gasteiger partial charge on any atom is 0.107 e. The van der Waals surface area contributed by atoms with Gasteiger partial charge in [-0.1, -0.05) is 13.3 Å². The summed E-state index contributed by atoms with van der Waals surface area (Å²) < 4.78 is 0. The van der Waals surface area contributed by atoms with Crippen molar-refractivity contribution in [2.24, 2.45) is 5.92 Å². The van der Waals surface area contributed by atoms with Crippen LogP contribution in [0.1, 0.15) is 24.0 Å². The van der Waals surface area contributed by atoms with E-state index in [1.807, 2.05) is 0 Å². The fourth-order valence-corrected chi connectivity index (χ4v) is 2.89. The largest absolute Gasteiger partial charge is 0.391 e. The van der Waals surface area contributed by atoms with Crippen LogP contribution in [0, 0.1) is 5.92 Å². The summed E-state index contributed by atoms with van der Waals surface area (Å²) in [5.74, 6) is 0.338. The standard InChI is InChI=1S/C12H21N3OS.ClH/c1-2-3-10-8-17-12(15-10)7-14-5-9-4-13-6-11(9)16;/h8-9,11,13-14,16H,2-7H2,1H3;1H. The highest BCUT2D eigenvalue weighted by atomic mass is 35.5. The third-order valence-corrected chi connectivity index (χ3v) is 3.99. The number of aliphatic hydroxyl groups is 1. The Balaban J connectivity index is 0.00000162. The summed E-state index contributed by atoms with van der Waals surface area (Å²) in [6.07, 6.45) is 2.02. The van der Waals surface area contributed by atoms with E-state index < -0.39 is 0 Å². The first-order valence-electron chi connectivity index (χ1n) is 6.32. The molecule has 0 amide bonds. The summed E-state index contributed by atoms with van der Waals surface area (Å²) in [6.45, 7) is 5.48. The van der Waals surface area contributed by atoms with Crippen LogP contribution in [0.4, 0.5) is 0 Å². The van der Waals surface area contributed by atoms with E-state index in [2.05, 4.69) is 27.9 Å². The molecule has 104 valence electrons. The van der Waals surface area contributed by atoms with Gasteiger partial charge in [0, 0.05) is 37.5 Å². The van der Waals surface area contributed by atoms with Gasteiger partial charge >= 0.3 is 0 Å². The monoisotopic (exact) mass is 291 g/mol. The van der Waals surface area contributed by atoms with E-state index >= 15 is 0 Å². The van der Waals surface area contributed by atoms with Gasteiger partial charge in [0.2, 0.25) is 0 Å². The Bertz CT molecular complexity index is 348. The minimum absolute atomic E-state index is 0. The van der Waals surface area contributed by atoms with Crippen molar-refractivity contribution in [2.75, 3.05) is 19.6 Å². The normalized spacial score (nSPS) is 23.0. The number of halogens is 1. The number of thiazole rings is 1. The van der Waals surface area contributed by atoms with Crippen LogP contribution in [0.5, 0.6) is 0 Å². The molecule has 1 aliphatic rings. The molecule has 1 saturated heterocycles. The molecule has 1 aromatic rings. The van der Waals surface area contributed by atoms with Gasteiger partial charge in [-0.2, -0.15) is 0 Å². The van der Waals surface area contributed by atoms with Gasteiger partial charge in [0.25, 0.3) is 0 Å². The number of rotatable bonds is 6. The van der Waals surface area contributed by atoms with Crippen LogP contribution in [0.2, 0.25) is 0 Å². The predicted molar refractivity (Wildman–Crippen MR) is 77.4 cm³/mol. The third-order valence-electron chi connectivity index (χ3n) is 3.09. The van der Waals surface area contributed by atoms with Crippen LogP contribution in [0.25, 0.3) is 0 Å². The molecule has 0 radical (unpaired) electrons. The van der Waals surface area contributed by atoms with Gasteiger partial charge in [0.1, 0.15) is 5.01 Å². The highest BCUT2D eigenvalue weighted by Crippen LogP contribution is 2.12. The van der Waals surface area contributed by atoms with E-state index in [1.54, 1.807) is 11.3 Å². The second kappa shape index (κ2) is 8.07. The lowest BCUT2D eigenvalue weighted by molar-refractivity contribution is 0.146. The smallest absolute Gasteiger partial charge is 0.107 e. The summed E-state index contributed by atoms with van der Waals surface area (Å²) in [5.41, 5.74) is 1.21. The summed E-state index contributed by atoms with van der Waals surface area (Å²) in [7, 11) is 0. The number of aliphatic hydroxyl groups excluding tert-OH is 1. The molecule has 0 aromatic carbocycles. The molecule has 0 bridgehead atoms. The second-order valence-electron chi connectivity index (χ2n) is 4.60. The number of β-amino-alcohol motifs (C(OH)–C–C–N with tert-alkyl or cyclic N) is 1. The number of nitrogens with zero attached hydrogens (tertiary/aromatic N) is 1. The molecule has 1 aliphatic heterocycles. The van der Waals surface area contributed by atoms with Crippen molar-refractivity contribution < 1.29 is 5.11 Å². The zero-order valence-electron chi connectivity index (χ0n) is 10.7. The van der Waals surface area contributed by atoms with Gasteiger partial charge < -0.3 is 15.7 Å². The molecule has 18 heavy (non-hydrogen) atoms. The van der Waals surface area contributed by atoms with Crippen molar-refractivity contribution in [3.63, 3.8) is 0 Å². The van der Waals surface area contributed by atoms with Crippen molar-refractivity contribution in [3.8, 4) is 0 Å². The average molecular weight is 292 g/mol. The summed E-state index contributed by atoms with van der Waals surface area (Å²) in [6, 6.07) is 0. The number of nitrogens with one attached hydrogen (secondary N) is 2. The van der Waals surface area contributed by atoms with Crippen molar-refractivity contribution in [1.82, 2.24) is 15.6 Å². The van der Waals surface area contributed by atoms with E-state index in [-0.39, 0.29) is 18.5 Å². The number of hydrogen-bond donors (Lipinski definition) is 3. The van der Waals surface area contributed by atoms with Crippen molar-refractivity contribution in [1.29, 1.82) is 0 Å². The maximum atomic E-state index is 9.64. The van der Waals surface area contributed by atoms with Crippen LogP contribution >= 0.6 is 23.7 Å². The predicted octanol–water partition coefficient (Wildman–Crippen LogP) is 1.19. The Hall–Kier alpha value is -0.200. The van der Waals surface area contributed by atoms with Crippen LogP contribution in [0.15, 0.2) is 5.38 Å². The molecule has 0 aliphatic carbocycles. The minimum atomic E-state index is -0.200. The van der Waals surface area contributed by atoms with E-state index in [0.717, 1.165) is 44.0 Å². The molecule has 1 aromatic heterocycles. The van der Waals surface area contributed by atoms with Gasteiger partial charge in [-0.05, 0) is 6.42 Å². The van der Waals surface area contributed by atoms with Crippen molar-refractivity contribution in [2.45, 2.75) is 32.4 Å². The van der Waals surface area contributed by atoms with Gasteiger partial charge in [0.15, 0.2) is 0 Å². The highest BCUT2D eigenvalue weighted by molar-refractivity contribution is 7.09. The molecular formula is C12H22ClN3OS. The molecular weight excluding hydrogens is 270 g/mol. The summed E-state index contributed by atoms with van der Waals surface area (Å²) >= 11 is 1.72. The molecule has 2 unspecified atom stereocenters. The molecule has 2 heterocycles. The van der Waals surface area contributed by atoms with Crippen LogP contribution in [0.3, 0.4) is 0 Å². The first-order valence-corrected chi connectivity index (χ1v) is 7.20. The summed E-state index contributed by atoms with van der Waals surface area (Å²) in [5, 5.41) is 19.5.